The molecule has 0 spiro atoms. The lowest BCUT2D eigenvalue weighted by atomic mass is 10.1. The smallest absolute Gasteiger partial charge is 0.405 e. The molecule has 1 aromatic rings. The summed E-state index contributed by atoms with van der Waals surface area (Å²) < 4.78 is 0. The van der Waals surface area contributed by atoms with Crippen molar-refractivity contribution in [1.29, 1.82) is 0 Å². The molecule has 0 unspecified atom stereocenters. The first-order valence-electron chi connectivity index (χ1n) is 4.86. The number of hydrogen-bond acceptors (Lipinski definition) is 1. The van der Waals surface area contributed by atoms with Gasteiger partial charge in [-0.3, -0.25) is 0 Å². The average Bonchev–Trinajstić information content (AvgIpc) is 2.34. The summed E-state index contributed by atoms with van der Waals surface area (Å²) in [5, 5.41) is 12.1. The molecule has 0 aliphatic carbocycles. The van der Waals surface area contributed by atoms with E-state index in [-0.39, 0.29) is 6.54 Å². The molecule has 0 fully saturated rings. The maximum atomic E-state index is 10.2. The lowest BCUT2D eigenvalue weighted by molar-refractivity contribution is 0.196. The lowest BCUT2D eigenvalue weighted by Crippen LogP contribution is -2.20. The van der Waals surface area contributed by atoms with Crippen molar-refractivity contribution in [2.75, 3.05) is 6.54 Å². The second kappa shape index (κ2) is 7.36. The third-order valence-electron chi connectivity index (χ3n) is 1.92. The number of nitrogens with one attached hydrogen (secondary N) is 1. The number of benzene rings is 1. The highest BCUT2D eigenvalue weighted by atomic mass is 79.9. The third kappa shape index (κ3) is 5.24. The minimum absolute atomic E-state index is 0.136. The summed E-state index contributed by atoms with van der Waals surface area (Å²) in [4.78, 5) is 10.2. The summed E-state index contributed by atoms with van der Waals surface area (Å²) >= 11 is 6.80. The van der Waals surface area contributed by atoms with E-state index in [0.717, 1.165) is 27.4 Å². The van der Waals surface area contributed by atoms with Crippen molar-refractivity contribution in [1.82, 2.24) is 5.32 Å². The number of halogens is 2. The number of carboxylic acid groups (broad SMARTS) is 1. The summed E-state index contributed by atoms with van der Waals surface area (Å²) in [7, 11) is 0. The van der Waals surface area contributed by atoms with Gasteiger partial charge in [-0.2, -0.15) is 0 Å². The van der Waals surface area contributed by atoms with Crippen LogP contribution < -0.4 is 5.32 Å². The molecular formula is C12H11Br2NO2. The number of hydrogen-bond donors (Lipinski definition) is 2. The second-order valence-electron chi connectivity index (χ2n) is 3.27. The fraction of sp³-hybridized carbons (Fsp3) is 0.250. The van der Waals surface area contributed by atoms with Gasteiger partial charge >= 0.3 is 6.09 Å². The molecule has 0 aliphatic rings. The zero-order chi connectivity index (χ0) is 12.7. The zero-order valence-corrected chi connectivity index (χ0v) is 12.1. The van der Waals surface area contributed by atoms with Crippen molar-refractivity contribution >= 4 is 38.0 Å². The van der Waals surface area contributed by atoms with Crippen LogP contribution in [-0.2, 0) is 10.7 Å². The Bertz CT molecular complexity index is 441. The summed E-state index contributed by atoms with van der Waals surface area (Å²) in [5.41, 5.74) is 3.19. The standard InChI is InChI=1S/C12H11Br2NO2/c13-7-10-4-9(5-11(6-10)8-14)2-1-3-15-12(16)17/h4-6,15H,3,7-8H2,(H,16,17). The van der Waals surface area contributed by atoms with Crippen molar-refractivity contribution in [2.45, 2.75) is 10.7 Å². The van der Waals surface area contributed by atoms with Gasteiger partial charge in [-0.15, -0.1) is 0 Å². The van der Waals surface area contributed by atoms with Crippen molar-refractivity contribution in [3.05, 3.63) is 34.9 Å². The maximum Gasteiger partial charge on any atom is 0.405 e. The number of amides is 1. The molecule has 3 nitrogen and oxygen atoms in total. The molecule has 0 aromatic heterocycles. The molecule has 0 radical (unpaired) electrons. The van der Waals surface area contributed by atoms with Crippen LogP contribution in [-0.4, -0.2) is 17.7 Å². The van der Waals surface area contributed by atoms with E-state index in [4.69, 9.17) is 5.11 Å². The Morgan fingerprint density at radius 1 is 1.24 bits per heavy atom. The van der Waals surface area contributed by atoms with Gasteiger partial charge < -0.3 is 10.4 Å². The van der Waals surface area contributed by atoms with Gasteiger partial charge in [0, 0.05) is 16.2 Å². The van der Waals surface area contributed by atoms with Crippen molar-refractivity contribution in [2.24, 2.45) is 0 Å². The highest BCUT2D eigenvalue weighted by Gasteiger charge is 1.97. The van der Waals surface area contributed by atoms with Crippen LogP contribution in [0, 0.1) is 11.8 Å². The zero-order valence-electron chi connectivity index (χ0n) is 8.96. The van der Waals surface area contributed by atoms with Crippen LogP contribution in [0.5, 0.6) is 0 Å². The fourth-order valence-corrected chi connectivity index (χ4v) is 1.90. The van der Waals surface area contributed by atoms with Gasteiger partial charge in [-0.25, -0.2) is 4.79 Å². The largest absolute Gasteiger partial charge is 0.465 e. The molecular weight excluding hydrogens is 350 g/mol. The van der Waals surface area contributed by atoms with Gasteiger partial charge in [0.1, 0.15) is 0 Å². The number of carbonyl (C=O) groups is 1. The Hall–Kier alpha value is -0.990. The average molecular weight is 361 g/mol. The van der Waals surface area contributed by atoms with Crippen LogP contribution >= 0.6 is 31.9 Å². The van der Waals surface area contributed by atoms with Crippen LogP contribution in [0.1, 0.15) is 16.7 Å². The molecule has 90 valence electrons. The van der Waals surface area contributed by atoms with Crippen LogP contribution in [0.3, 0.4) is 0 Å². The molecule has 0 aliphatic heterocycles. The Labute approximate surface area is 117 Å². The molecule has 0 heterocycles. The molecule has 0 saturated carbocycles. The van der Waals surface area contributed by atoms with E-state index in [9.17, 15) is 4.79 Å². The normalized spacial score (nSPS) is 9.29. The maximum absolute atomic E-state index is 10.2. The monoisotopic (exact) mass is 359 g/mol. The minimum atomic E-state index is -1.06. The summed E-state index contributed by atoms with van der Waals surface area (Å²) in [6.45, 7) is 0.136. The predicted molar refractivity (Wildman–Crippen MR) is 74.6 cm³/mol. The number of rotatable bonds is 3. The van der Waals surface area contributed by atoms with Gasteiger partial charge in [0.05, 0.1) is 6.54 Å². The predicted octanol–water partition coefficient (Wildman–Crippen LogP) is 3.10. The summed E-state index contributed by atoms with van der Waals surface area (Å²) in [6, 6.07) is 6.05. The molecule has 0 atom stereocenters. The SMILES string of the molecule is O=C(O)NCC#Cc1cc(CBr)cc(CBr)c1. The van der Waals surface area contributed by atoms with E-state index >= 15 is 0 Å². The second-order valence-corrected chi connectivity index (χ2v) is 4.39. The topological polar surface area (TPSA) is 49.3 Å². The van der Waals surface area contributed by atoms with Gasteiger partial charge in [0.2, 0.25) is 0 Å². The number of alkyl halides is 2. The molecule has 0 saturated heterocycles. The quantitative estimate of drug-likeness (QED) is 0.642. The highest BCUT2D eigenvalue weighted by molar-refractivity contribution is 9.08. The van der Waals surface area contributed by atoms with Gasteiger partial charge in [-0.05, 0) is 23.3 Å². The molecule has 1 rings (SSSR count). The van der Waals surface area contributed by atoms with Gasteiger partial charge in [0.15, 0.2) is 0 Å². The third-order valence-corrected chi connectivity index (χ3v) is 3.22. The molecule has 0 bridgehead atoms. The Morgan fingerprint density at radius 2 is 1.82 bits per heavy atom. The Kier molecular flexibility index (Phi) is 6.09. The van der Waals surface area contributed by atoms with E-state index in [1.165, 1.54) is 0 Å². The van der Waals surface area contributed by atoms with Crippen LogP contribution in [0.4, 0.5) is 4.79 Å². The first-order chi connectivity index (χ1) is 8.15. The molecule has 17 heavy (non-hydrogen) atoms. The molecule has 1 amide bonds. The Balaban J connectivity index is 2.79. The van der Waals surface area contributed by atoms with E-state index in [2.05, 4.69) is 55.1 Å². The van der Waals surface area contributed by atoms with Crippen molar-refractivity contribution in [3.8, 4) is 11.8 Å². The summed E-state index contributed by atoms with van der Waals surface area (Å²) in [6.07, 6.45) is -1.06. The highest BCUT2D eigenvalue weighted by Crippen LogP contribution is 2.14. The summed E-state index contributed by atoms with van der Waals surface area (Å²) in [5.74, 6) is 5.70. The minimum Gasteiger partial charge on any atom is -0.465 e. The molecule has 1 aromatic carbocycles. The van der Waals surface area contributed by atoms with Crippen molar-refractivity contribution < 1.29 is 9.90 Å². The van der Waals surface area contributed by atoms with Crippen LogP contribution in [0.25, 0.3) is 0 Å². The van der Waals surface area contributed by atoms with Crippen LogP contribution in [0.15, 0.2) is 18.2 Å². The first kappa shape index (κ1) is 14.1. The fourth-order valence-electron chi connectivity index (χ4n) is 1.26. The first-order valence-corrected chi connectivity index (χ1v) is 7.10. The van der Waals surface area contributed by atoms with E-state index < -0.39 is 6.09 Å². The van der Waals surface area contributed by atoms with E-state index in [1.807, 2.05) is 12.1 Å². The lowest BCUT2D eigenvalue weighted by Gasteiger charge is -2.01. The molecule has 5 heteroatoms. The Morgan fingerprint density at radius 3 is 2.29 bits per heavy atom. The van der Waals surface area contributed by atoms with Crippen molar-refractivity contribution in [3.63, 3.8) is 0 Å². The van der Waals surface area contributed by atoms with Crippen LogP contribution in [0.2, 0.25) is 0 Å². The van der Waals surface area contributed by atoms with Gasteiger partial charge in [-0.1, -0.05) is 49.8 Å². The van der Waals surface area contributed by atoms with Gasteiger partial charge in [0.25, 0.3) is 0 Å². The molecule has 2 N–H and O–H groups in total. The van der Waals surface area contributed by atoms with E-state index in [1.54, 1.807) is 0 Å². The van der Waals surface area contributed by atoms with E-state index in [0.29, 0.717) is 0 Å².